The highest BCUT2D eigenvalue weighted by molar-refractivity contribution is 5.98. The molecule has 1 unspecified atom stereocenters. The number of nitrogens with zero attached hydrogens (tertiary/aromatic N) is 3. The van der Waals surface area contributed by atoms with Crippen LogP contribution in [0.2, 0.25) is 0 Å². The minimum atomic E-state index is -0.492. The second-order valence-electron chi connectivity index (χ2n) is 6.77. The van der Waals surface area contributed by atoms with Crippen LogP contribution < -0.4 is 5.32 Å². The third kappa shape index (κ3) is 3.76. The Morgan fingerprint density at radius 1 is 1.21 bits per heavy atom. The van der Waals surface area contributed by atoms with Crippen LogP contribution in [0.15, 0.2) is 12.4 Å². The molecule has 2 aliphatic rings. The maximum atomic E-state index is 12.9. The average molecular weight is 336 g/mol. The topological polar surface area (TPSA) is 67.2 Å². The van der Waals surface area contributed by atoms with E-state index in [1.54, 1.807) is 12.4 Å². The van der Waals surface area contributed by atoms with Gasteiger partial charge in [-0.15, -0.1) is 0 Å². The summed E-state index contributed by atoms with van der Waals surface area (Å²) < 4.78 is 13.9. The van der Waals surface area contributed by atoms with Gasteiger partial charge >= 0.3 is 6.03 Å². The Morgan fingerprint density at radius 2 is 1.96 bits per heavy atom. The molecule has 1 atom stereocenters. The van der Waals surface area contributed by atoms with Crippen LogP contribution in [0, 0.1) is 11.8 Å². The summed E-state index contributed by atoms with van der Waals surface area (Å²) >= 11 is 0. The Kier molecular flexibility index (Phi) is 5.48. The van der Waals surface area contributed by atoms with Crippen molar-refractivity contribution in [3.63, 3.8) is 0 Å². The highest BCUT2D eigenvalue weighted by Gasteiger charge is 2.38. The number of hydrogen-bond donors (Lipinski definition) is 1. The molecule has 0 bridgehead atoms. The van der Waals surface area contributed by atoms with E-state index in [2.05, 4.69) is 10.4 Å². The van der Waals surface area contributed by atoms with Crippen LogP contribution in [0.4, 0.5) is 9.18 Å². The molecule has 1 aromatic rings. The Labute approximate surface area is 141 Å². The van der Waals surface area contributed by atoms with E-state index >= 15 is 0 Å². The number of carbonyl (C=O) groups excluding carboxylic acids is 2. The SMILES string of the molecule is O=C1NCC(C2CCCCCC2)C(=O)N1Cc1cnn(CCF)c1. The van der Waals surface area contributed by atoms with Gasteiger partial charge in [-0.3, -0.25) is 14.4 Å². The number of amides is 3. The van der Waals surface area contributed by atoms with Gasteiger partial charge < -0.3 is 5.32 Å². The predicted molar refractivity (Wildman–Crippen MR) is 86.8 cm³/mol. The summed E-state index contributed by atoms with van der Waals surface area (Å²) in [5.41, 5.74) is 0.744. The molecule has 1 aliphatic carbocycles. The monoisotopic (exact) mass is 336 g/mol. The van der Waals surface area contributed by atoms with Crippen molar-refractivity contribution in [1.29, 1.82) is 0 Å². The molecule has 0 aromatic carbocycles. The first kappa shape index (κ1) is 16.9. The largest absolute Gasteiger partial charge is 0.337 e. The van der Waals surface area contributed by atoms with Gasteiger partial charge in [-0.2, -0.15) is 5.10 Å². The Morgan fingerprint density at radius 3 is 2.67 bits per heavy atom. The number of halogens is 1. The highest BCUT2D eigenvalue weighted by Crippen LogP contribution is 2.31. The Balaban J connectivity index is 1.68. The van der Waals surface area contributed by atoms with Crippen LogP contribution >= 0.6 is 0 Å². The van der Waals surface area contributed by atoms with Crippen molar-refractivity contribution >= 4 is 11.9 Å². The summed E-state index contributed by atoms with van der Waals surface area (Å²) in [4.78, 5) is 26.3. The molecule has 24 heavy (non-hydrogen) atoms. The van der Waals surface area contributed by atoms with E-state index in [0.717, 1.165) is 18.4 Å². The van der Waals surface area contributed by atoms with Gasteiger partial charge in [0, 0.05) is 18.3 Å². The standard InChI is InChI=1S/C17H25FN4O2/c18-7-8-21-11-13(9-20-21)12-22-16(23)15(10-19-17(22)24)14-5-3-1-2-4-6-14/h9,11,14-15H,1-8,10,12H2,(H,19,24). The fourth-order valence-corrected chi connectivity index (χ4v) is 3.79. The summed E-state index contributed by atoms with van der Waals surface area (Å²) in [5, 5.41) is 6.91. The van der Waals surface area contributed by atoms with E-state index in [-0.39, 0.29) is 30.9 Å². The fraction of sp³-hybridized carbons (Fsp3) is 0.706. The lowest BCUT2D eigenvalue weighted by molar-refractivity contribution is -0.136. The van der Waals surface area contributed by atoms with Gasteiger partial charge in [0.05, 0.1) is 25.2 Å². The molecule has 1 N–H and O–H groups in total. The van der Waals surface area contributed by atoms with Crippen molar-refractivity contribution in [2.75, 3.05) is 13.2 Å². The van der Waals surface area contributed by atoms with E-state index < -0.39 is 6.67 Å². The number of rotatable bonds is 5. The first-order chi connectivity index (χ1) is 11.7. The number of nitrogens with one attached hydrogen (secondary N) is 1. The lowest BCUT2D eigenvalue weighted by Gasteiger charge is -2.35. The number of alkyl halides is 1. The molecule has 1 saturated carbocycles. The van der Waals surface area contributed by atoms with Crippen molar-refractivity contribution in [2.45, 2.75) is 51.6 Å². The van der Waals surface area contributed by atoms with Crippen LogP contribution in [0.3, 0.4) is 0 Å². The minimum absolute atomic E-state index is 0.0797. The fourth-order valence-electron chi connectivity index (χ4n) is 3.79. The molecular formula is C17H25FN4O2. The zero-order valence-corrected chi connectivity index (χ0v) is 13.9. The van der Waals surface area contributed by atoms with Gasteiger partial charge in [0.25, 0.3) is 0 Å². The molecule has 6 nitrogen and oxygen atoms in total. The number of urea groups is 1. The van der Waals surface area contributed by atoms with E-state index in [1.807, 2.05) is 0 Å². The normalized spacial score (nSPS) is 23.2. The third-order valence-electron chi connectivity index (χ3n) is 5.11. The maximum Gasteiger partial charge on any atom is 0.324 e. The molecule has 3 amide bonds. The van der Waals surface area contributed by atoms with Crippen molar-refractivity contribution in [1.82, 2.24) is 20.0 Å². The molecule has 3 rings (SSSR count). The highest BCUT2D eigenvalue weighted by atomic mass is 19.1. The predicted octanol–water partition coefficient (Wildman–Crippen LogP) is 2.49. The first-order valence-corrected chi connectivity index (χ1v) is 8.85. The molecular weight excluding hydrogens is 311 g/mol. The number of hydrogen-bond acceptors (Lipinski definition) is 3. The van der Waals surface area contributed by atoms with Gasteiger partial charge in [0.15, 0.2) is 0 Å². The first-order valence-electron chi connectivity index (χ1n) is 8.85. The van der Waals surface area contributed by atoms with Crippen molar-refractivity contribution in [2.24, 2.45) is 11.8 Å². The smallest absolute Gasteiger partial charge is 0.324 e. The van der Waals surface area contributed by atoms with Crippen molar-refractivity contribution in [3.05, 3.63) is 18.0 Å². The van der Waals surface area contributed by atoms with Crippen LogP contribution in [-0.2, 0) is 17.9 Å². The lowest BCUT2D eigenvalue weighted by atomic mass is 9.84. The molecule has 132 valence electrons. The van der Waals surface area contributed by atoms with E-state index in [4.69, 9.17) is 0 Å². The van der Waals surface area contributed by atoms with Crippen molar-refractivity contribution in [3.8, 4) is 0 Å². The Hall–Kier alpha value is -1.92. The van der Waals surface area contributed by atoms with Gasteiger partial charge in [-0.25, -0.2) is 9.18 Å². The number of carbonyl (C=O) groups is 2. The summed E-state index contributed by atoms with van der Waals surface area (Å²) in [5.74, 6) is 0.155. The third-order valence-corrected chi connectivity index (χ3v) is 5.11. The molecule has 1 aromatic heterocycles. The average Bonchev–Trinajstić information content (AvgIpc) is 2.83. The van der Waals surface area contributed by atoms with E-state index in [9.17, 15) is 14.0 Å². The van der Waals surface area contributed by atoms with Gasteiger partial charge in [0.2, 0.25) is 5.91 Å². The molecule has 0 spiro atoms. The van der Waals surface area contributed by atoms with Crippen LogP contribution in [0.5, 0.6) is 0 Å². The molecule has 1 aliphatic heterocycles. The summed E-state index contributed by atoms with van der Waals surface area (Å²) in [6.07, 6.45) is 10.2. The molecule has 1 saturated heterocycles. The summed E-state index contributed by atoms with van der Waals surface area (Å²) in [6, 6.07) is -0.344. The van der Waals surface area contributed by atoms with Crippen LogP contribution in [0.25, 0.3) is 0 Å². The number of aromatic nitrogens is 2. The molecule has 2 heterocycles. The Bertz CT molecular complexity index is 581. The van der Waals surface area contributed by atoms with E-state index in [0.29, 0.717) is 12.5 Å². The van der Waals surface area contributed by atoms with Crippen LogP contribution in [0.1, 0.15) is 44.1 Å². The number of imide groups is 1. The zero-order valence-electron chi connectivity index (χ0n) is 13.9. The lowest BCUT2D eigenvalue weighted by Crippen LogP contribution is -2.56. The summed E-state index contributed by atoms with van der Waals surface area (Å²) in [6.45, 7) is 0.332. The quantitative estimate of drug-likeness (QED) is 0.840. The summed E-state index contributed by atoms with van der Waals surface area (Å²) in [7, 11) is 0. The second kappa shape index (κ2) is 7.77. The zero-order chi connectivity index (χ0) is 16.9. The van der Waals surface area contributed by atoms with Crippen LogP contribution in [-0.4, -0.2) is 39.8 Å². The maximum absolute atomic E-state index is 12.9. The molecule has 2 fully saturated rings. The number of aryl methyl sites for hydroxylation is 1. The van der Waals surface area contributed by atoms with Crippen molar-refractivity contribution < 1.29 is 14.0 Å². The molecule has 0 radical (unpaired) electrons. The minimum Gasteiger partial charge on any atom is -0.337 e. The van der Waals surface area contributed by atoms with Gasteiger partial charge in [-0.1, -0.05) is 25.7 Å². The molecule has 7 heteroatoms. The van der Waals surface area contributed by atoms with E-state index in [1.165, 1.54) is 35.3 Å². The second-order valence-corrected chi connectivity index (χ2v) is 6.77. The van der Waals surface area contributed by atoms with Gasteiger partial charge in [-0.05, 0) is 18.8 Å². The van der Waals surface area contributed by atoms with Gasteiger partial charge in [0.1, 0.15) is 6.67 Å².